The number of pyridine rings is 2. The quantitative estimate of drug-likeness (QED) is 0.468. The van der Waals surface area contributed by atoms with Crippen LogP contribution in [0, 0.1) is 0 Å². The number of urea groups is 1. The molecule has 35 heavy (non-hydrogen) atoms. The zero-order valence-electron chi connectivity index (χ0n) is 19.5. The Kier molecular flexibility index (Phi) is 5.53. The molecular weight excluding hydrogens is 446 g/mol. The summed E-state index contributed by atoms with van der Waals surface area (Å²) in [5.74, 6) is 2.06. The molecule has 4 aromatic heterocycles. The summed E-state index contributed by atoms with van der Waals surface area (Å²) in [5, 5.41) is 15.5. The minimum Gasteiger partial charge on any atom is -0.377 e. The molecule has 0 spiro atoms. The zero-order chi connectivity index (χ0) is 23.8. The minimum absolute atomic E-state index is 0.0991. The SMILES string of the molecule is C[C@@H]1COCCN1c1cc(-c2ccc(NC(=O)N3CCCC3)nc2)c2cnn(-c3cc[nH]n3)c2n1. The van der Waals surface area contributed by atoms with Crippen molar-refractivity contribution in [1.82, 2.24) is 34.8 Å². The van der Waals surface area contributed by atoms with Crippen LogP contribution in [0.5, 0.6) is 0 Å². The number of carbonyl (C=O) groups is 1. The molecule has 0 aromatic carbocycles. The molecule has 2 fully saturated rings. The predicted molar refractivity (Wildman–Crippen MR) is 132 cm³/mol. The summed E-state index contributed by atoms with van der Waals surface area (Å²) in [5.41, 5.74) is 2.60. The van der Waals surface area contributed by atoms with Crippen molar-refractivity contribution in [3.63, 3.8) is 0 Å². The van der Waals surface area contributed by atoms with E-state index in [1.807, 2.05) is 29.3 Å². The highest BCUT2D eigenvalue weighted by Gasteiger charge is 2.24. The van der Waals surface area contributed by atoms with Gasteiger partial charge < -0.3 is 14.5 Å². The summed E-state index contributed by atoms with van der Waals surface area (Å²) in [6, 6.07) is 7.85. The molecule has 11 heteroatoms. The van der Waals surface area contributed by atoms with Crippen LogP contribution in [0.15, 0.2) is 42.9 Å². The third-order valence-electron chi connectivity index (χ3n) is 6.60. The van der Waals surface area contributed by atoms with Gasteiger partial charge in [0, 0.05) is 49.0 Å². The topological polar surface area (TPSA) is 117 Å². The van der Waals surface area contributed by atoms with E-state index in [1.54, 1.807) is 17.1 Å². The predicted octanol–water partition coefficient (Wildman–Crippen LogP) is 3.06. The van der Waals surface area contributed by atoms with Gasteiger partial charge in [0.25, 0.3) is 0 Å². The van der Waals surface area contributed by atoms with Crippen LogP contribution in [-0.4, -0.2) is 79.8 Å². The number of likely N-dealkylation sites (tertiary alicyclic amines) is 1. The number of aromatic nitrogens is 6. The molecule has 2 N–H and O–H groups in total. The summed E-state index contributed by atoms with van der Waals surface area (Å²) in [7, 11) is 0. The number of ether oxygens (including phenoxy) is 1. The normalized spacial score (nSPS) is 18.4. The Bertz CT molecular complexity index is 1330. The van der Waals surface area contributed by atoms with Crippen molar-refractivity contribution in [3.8, 4) is 16.9 Å². The highest BCUT2D eigenvalue weighted by molar-refractivity contribution is 5.95. The Balaban J connectivity index is 1.39. The molecule has 0 unspecified atom stereocenters. The number of anilines is 2. The standard InChI is InChI=1S/C24H27N9O2/c1-16-15-35-11-10-32(16)22-12-18(19-14-27-33(23(19)29-22)21-6-7-26-30-21)17-4-5-20(25-13-17)28-24(34)31-8-2-3-9-31/h4-7,12-14,16H,2-3,8-11,15H2,1H3,(H,26,30)(H,25,28,34)/t16-/m1/s1. The van der Waals surface area contributed by atoms with Crippen LogP contribution >= 0.6 is 0 Å². The van der Waals surface area contributed by atoms with E-state index in [0.29, 0.717) is 24.8 Å². The molecule has 1 atom stereocenters. The molecule has 0 radical (unpaired) electrons. The van der Waals surface area contributed by atoms with Crippen molar-refractivity contribution in [1.29, 1.82) is 0 Å². The van der Waals surface area contributed by atoms with Crippen molar-refractivity contribution in [2.45, 2.75) is 25.8 Å². The van der Waals surface area contributed by atoms with E-state index in [1.165, 1.54) is 0 Å². The molecule has 0 bridgehead atoms. The number of hydrogen-bond acceptors (Lipinski definition) is 7. The largest absolute Gasteiger partial charge is 0.377 e. The number of nitrogens with zero attached hydrogens (tertiary/aromatic N) is 7. The second-order valence-electron chi connectivity index (χ2n) is 8.93. The molecule has 2 saturated heterocycles. The number of nitrogens with one attached hydrogen (secondary N) is 2. The van der Waals surface area contributed by atoms with Crippen molar-refractivity contribution < 1.29 is 9.53 Å². The van der Waals surface area contributed by atoms with Gasteiger partial charge in [-0.3, -0.25) is 10.4 Å². The number of H-pyrrole nitrogens is 1. The lowest BCUT2D eigenvalue weighted by Gasteiger charge is -2.34. The first-order chi connectivity index (χ1) is 17.2. The minimum atomic E-state index is -0.0991. The van der Waals surface area contributed by atoms with Crippen LogP contribution in [0.1, 0.15) is 19.8 Å². The summed E-state index contributed by atoms with van der Waals surface area (Å²) in [4.78, 5) is 26.0. The molecule has 2 aliphatic heterocycles. The molecule has 6 heterocycles. The highest BCUT2D eigenvalue weighted by Crippen LogP contribution is 2.33. The molecule has 2 aliphatic rings. The first kappa shape index (κ1) is 21.5. The van der Waals surface area contributed by atoms with Gasteiger partial charge in [-0.25, -0.2) is 14.8 Å². The molecule has 180 valence electrons. The smallest absolute Gasteiger partial charge is 0.323 e. The van der Waals surface area contributed by atoms with Gasteiger partial charge in [0.05, 0.1) is 25.5 Å². The number of carbonyl (C=O) groups excluding carboxylic acids is 1. The molecule has 0 aliphatic carbocycles. The number of aromatic amines is 1. The van der Waals surface area contributed by atoms with Gasteiger partial charge in [-0.2, -0.15) is 14.9 Å². The van der Waals surface area contributed by atoms with Crippen molar-refractivity contribution in [2.75, 3.05) is 43.1 Å². The molecule has 6 rings (SSSR count). The van der Waals surface area contributed by atoms with Gasteiger partial charge in [-0.05, 0) is 43.5 Å². The van der Waals surface area contributed by atoms with Gasteiger partial charge >= 0.3 is 6.03 Å². The lowest BCUT2D eigenvalue weighted by atomic mass is 10.1. The van der Waals surface area contributed by atoms with Gasteiger partial charge in [-0.15, -0.1) is 0 Å². The monoisotopic (exact) mass is 473 g/mol. The Labute approximate surface area is 202 Å². The van der Waals surface area contributed by atoms with E-state index < -0.39 is 0 Å². The molecule has 0 saturated carbocycles. The van der Waals surface area contributed by atoms with E-state index in [0.717, 1.165) is 60.5 Å². The fourth-order valence-corrected chi connectivity index (χ4v) is 4.71. The first-order valence-corrected chi connectivity index (χ1v) is 11.9. The van der Waals surface area contributed by atoms with E-state index in [-0.39, 0.29) is 12.1 Å². The Morgan fingerprint density at radius 2 is 2.03 bits per heavy atom. The van der Waals surface area contributed by atoms with Crippen LogP contribution in [0.2, 0.25) is 0 Å². The number of rotatable bonds is 4. The van der Waals surface area contributed by atoms with E-state index in [2.05, 4.69) is 43.5 Å². The Morgan fingerprint density at radius 3 is 2.77 bits per heavy atom. The summed E-state index contributed by atoms with van der Waals surface area (Å²) < 4.78 is 7.37. The van der Waals surface area contributed by atoms with Crippen molar-refractivity contribution >= 4 is 28.7 Å². The zero-order valence-corrected chi connectivity index (χ0v) is 19.5. The maximum atomic E-state index is 12.4. The van der Waals surface area contributed by atoms with Crippen molar-refractivity contribution in [2.24, 2.45) is 0 Å². The Hall–Kier alpha value is -3.99. The van der Waals surface area contributed by atoms with Gasteiger partial charge in [-0.1, -0.05) is 0 Å². The first-order valence-electron chi connectivity index (χ1n) is 11.9. The van der Waals surface area contributed by atoms with E-state index in [9.17, 15) is 4.79 Å². The molecule has 2 amide bonds. The number of fused-ring (bicyclic) bond motifs is 1. The average molecular weight is 474 g/mol. The average Bonchev–Trinajstić information content (AvgIpc) is 3.66. The third kappa shape index (κ3) is 4.08. The van der Waals surface area contributed by atoms with Crippen LogP contribution < -0.4 is 10.2 Å². The second kappa shape index (κ2) is 8.99. The van der Waals surface area contributed by atoms with E-state index >= 15 is 0 Å². The number of amides is 2. The second-order valence-corrected chi connectivity index (χ2v) is 8.93. The van der Waals surface area contributed by atoms with Gasteiger partial charge in [0.2, 0.25) is 0 Å². The van der Waals surface area contributed by atoms with Crippen LogP contribution in [0.3, 0.4) is 0 Å². The summed E-state index contributed by atoms with van der Waals surface area (Å²) in [6.45, 7) is 5.79. The van der Waals surface area contributed by atoms with Crippen LogP contribution in [0.4, 0.5) is 16.4 Å². The maximum absolute atomic E-state index is 12.4. The highest BCUT2D eigenvalue weighted by atomic mass is 16.5. The lowest BCUT2D eigenvalue weighted by molar-refractivity contribution is 0.0985. The summed E-state index contributed by atoms with van der Waals surface area (Å²) in [6.07, 6.45) is 7.45. The van der Waals surface area contributed by atoms with Crippen LogP contribution in [-0.2, 0) is 4.74 Å². The maximum Gasteiger partial charge on any atom is 0.323 e. The fraction of sp³-hybridized carbons (Fsp3) is 0.375. The third-order valence-corrected chi connectivity index (χ3v) is 6.60. The summed E-state index contributed by atoms with van der Waals surface area (Å²) >= 11 is 0. The Morgan fingerprint density at radius 1 is 1.14 bits per heavy atom. The van der Waals surface area contributed by atoms with Crippen molar-refractivity contribution in [3.05, 3.63) is 42.9 Å². The number of morpholine rings is 1. The van der Waals surface area contributed by atoms with E-state index in [4.69, 9.17) is 9.72 Å². The van der Waals surface area contributed by atoms with Gasteiger partial charge in [0.1, 0.15) is 11.6 Å². The molecular formula is C24H27N9O2. The fourth-order valence-electron chi connectivity index (χ4n) is 4.71. The molecule has 4 aromatic rings. The number of hydrogen-bond donors (Lipinski definition) is 2. The molecule has 11 nitrogen and oxygen atoms in total. The lowest BCUT2D eigenvalue weighted by Crippen LogP contribution is -2.44. The van der Waals surface area contributed by atoms with Crippen LogP contribution in [0.25, 0.3) is 28.0 Å². The van der Waals surface area contributed by atoms with Gasteiger partial charge in [0.15, 0.2) is 11.5 Å².